The van der Waals surface area contributed by atoms with Gasteiger partial charge in [0, 0.05) is 5.56 Å². The third kappa shape index (κ3) is 2.35. The third-order valence-electron chi connectivity index (χ3n) is 4.46. The van der Waals surface area contributed by atoms with E-state index in [0.717, 1.165) is 12.0 Å². The van der Waals surface area contributed by atoms with Crippen LogP contribution in [0.1, 0.15) is 87.9 Å². The predicted octanol–water partition coefficient (Wildman–Crippen LogP) is 4.97. The molecule has 1 aliphatic carbocycles. The smallest absolute Gasteiger partial charge is 0.160 e. The number of fused-ring (bicyclic) bond motifs is 1. The zero-order valence-corrected chi connectivity index (χ0v) is 13.3. The molecule has 19 heavy (non-hydrogen) atoms. The van der Waals surface area contributed by atoms with Gasteiger partial charge in [-0.2, -0.15) is 0 Å². The zero-order valence-electron chi connectivity index (χ0n) is 13.3. The largest absolute Gasteiger partial charge is 0.295 e. The molecule has 0 saturated carbocycles. The van der Waals surface area contributed by atoms with Crippen LogP contribution in [0, 0.1) is 0 Å². The van der Waals surface area contributed by atoms with E-state index in [1.54, 1.807) is 6.92 Å². The molecule has 0 heterocycles. The summed E-state index contributed by atoms with van der Waals surface area (Å²) >= 11 is 0. The first-order valence-electron chi connectivity index (χ1n) is 7.24. The van der Waals surface area contributed by atoms with Crippen LogP contribution in [0.4, 0.5) is 0 Å². The maximum Gasteiger partial charge on any atom is 0.160 e. The van der Waals surface area contributed by atoms with Crippen molar-refractivity contribution in [1.82, 2.24) is 0 Å². The first-order chi connectivity index (χ1) is 8.54. The van der Waals surface area contributed by atoms with Crippen LogP contribution in [0.2, 0.25) is 0 Å². The van der Waals surface area contributed by atoms with Gasteiger partial charge in [-0.05, 0) is 52.8 Å². The van der Waals surface area contributed by atoms with Crippen LogP contribution < -0.4 is 0 Å². The molecule has 0 radical (unpaired) electrons. The Labute approximate surface area is 117 Å². The Kier molecular flexibility index (Phi) is 3.16. The van der Waals surface area contributed by atoms with E-state index in [1.807, 2.05) is 0 Å². The van der Waals surface area contributed by atoms with Crippen LogP contribution >= 0.6 is 0 Å². The molecule has 0 fully saturated rings. The van der Waals surface area contributed by atoms with E-state index in [2.05, 4.69) is 53.7 Å². The number of carbonyl (C=O) groups excluding carboxylic acids is 1. The van der Waals surface area contributed by atoms with E-state index in [0.29, 0.717) is 5.92 Å². The zero-order chi connectivity index (χ0) is 14.6. The molecule has 0 aliphatic heterocycles. The van der Waals surface area contributed by atoms with Crippen LogP contribution in [-0.2, 0) is 10.8 Å². The number of benzene rings is 1. The van der Waals surface area contributed by atoms with Gasteiger partial charge in [-0.25, -0.2) is 0 Å². The third-order valence-corrected chi connectivity index (χ3v) is 4.46. The summed E-state index contributed by atoms with van der Waals surface area (Å²) in [6, 6.07) is 4.46. The Balaban J connectivity index is 2.77. The maximum absolute atomic E-state index is 12.0. The summed E-state index contributed by atoms with van der Waals surface area (Å²) in [7, 11) is 0. The Morgan fingerprint density at radius 3 is 2.32 bits per heavy atom. The van der Waals surface area contributed by atoms with E-state index >= 15 is 0 Å². The number of rotatable bonds is 1. The lowest BCUT2D eigenvalue weighted by atomic mass is 9.79. The van der Waals surface area contributed by atoms with E-state index < -0.39 is 0 Å². The minimum absolute atomic E-state index is 0.0845. The molecule has 1 heteroatoms. The summed E-state index contributed by atoms with van der Waals surface area (Å²) in [6.07, 6.45) is 1.14. The molecular weight excluding hydrogens is 232 g/mol. The van der Waals surface area contributed by atoms with Crippen LogP contribution in [0.3, 0.4) is 0 Å². The van der Waals surface area contributed by atoms with Crippen molar-refractivity contribution in [1.29, 1.82) is 0 Å². The van der Waals surface area contributed by atoms with Gasteiger partial charge in [-0.1, -0.05) is 47.6 Å². The second-order valence-corrected chi connectivity index (χ2v) is 7.78. The predicted molar refractivity (Wildman–Crippen MR) is 81.2 cm³/mol. The van der Waals surface area contributed by atoms with E-state index in [4.69, 9.17) is 0 Å². The van der Waals surface area contributed by atoms with Gasteiger partial charge in [0.15, 0.2) is 5.78 Å². The Morgan fingerprint density at radius 2 is 1.84 bits per heavy atom. The molecule has 0 bridgehead atoms. The van der Waals surface area contributed by atoms with Crippen molar-refractivity contribution in [3.63, 3.8) is 0 Å². The fourth-order valence-electron chi connectivity index (χ4n) is 3.45. The maximum atomic E-state index is 12.0. The molecular formula is C18H26O. The standard InChI is InChI=1S/C18H26O/c1-11-10-18(6,7)15-9-13(17(3,4)5)8-14(12(2)19)16(11)15/h8-9,11H,10H2,1-7H3. The quantitative estimate of drug-likeness (QED) is 0.650. The average molecular weight is 258 g/mol. The molecule has 1 aromatic carbocycles. The van der Waals surface area contributed by atoms with E-state index in [1.165, 1.54) is 16.7 Å². The van der Waals surface area contributed by atoms with Crippen LogP contribution in [0.25, 0.3) is 0 Å². The van der Waals surface area contributed by atoms with Crippen LogP contribution in [0.15, 0.2) is 12.1 Å². The molecule has 0 spiro atoms. The molecule has 0 saturated heterocycles. The van der Waals surface area contributed by atoms with Crippen molar-refractivity contribution in [2.45, 2.75) is 71.6 Å². The lowest BCUT2D eigenvalue weighted by molar-refractivity contribution is 0.101. The van der Waals surface area contributed by atoms with Gasteiger partial charge >= 0.3 is 0 Å². The first-order valence-corrected chi connectivity index (χ1v) is 7.24. The van der Waals surface area contributed by atoms with Crippen molar-refractivity contribution in [2.24, 2.45) is 0 Å². The van der Waals surface area contributed by atoms with Gasteiger partial charge in [-0.15, -0.1) is 0 Å². The second kappa shape index (κ2) is 4.19. The summed E-state index contributed by atoms with van der Waals surface area (Å²) in [5, 5.41) is 0. The first kappa shape index (κ1) is 14.3. The van der Waals surface area contributed by atoms with E-state index in [-0.39, 0.29) is 16.6 Å². The summed E-state index contributed by atoms with van der Waals surface area (Å²) < 4.78 is 0. The van der Waals surface area contributed by atoms with Gasteiger partial charge in [-0.3, -0.25) is 4.79 Å². The SMILES string of the molecule is CC(=O)c1cc(C(C)(C)C)cc2c1C(C)CC2(C)C. The van der Waals surface area contributed by atoms with Gasteiger partial charge in [0.1, 0.15) is 0 Å². The minimum Gasteiger partial charge on any atom is -0.295 e. The topological polar surface area (TPSA) is 17.1 Å². The normalized spacial score (nSPS) is 21.3. The molecule has 104 valence electrons. The molecule has 1 aromatic rings. The van der Waals surface area contributed by atoms with Crippen LogP contribution in [0.5, 0.6) is 0 Å². The number of Topliss-reactive ketones (excluding diaryl/α,β-unsaturated/α-hetero) is 1. The monoisotopic (exact) mass is 258 g/mol. The molecule has 1 aliphatic rings. The number of hydrogen-bond acceptors (Lipinski definition) is 1. The highest BCUT2D eigenvalue weighted by Gasteiger charge is 2.38. The van der Waals surface area contributed by atoms with Gasteiger partial charge in [0.25, 0.3) is 0 Å². The van der Waals surface area contributed by atoms with Crippen molar-refractivity contribution < 1.29 is 4.79 Å². The highest BCUT2D eigenvalue weighted by Crippen LogP contribution is 2.48. The van der Waals surface area contributed by atoms with Crippen molar-refractivity contribution >= 4 is 5.78 Å². The molecule has 1 atom stereocenters. The van der Waals surface area contributed by atoms with Crippen LogP contribution in [-0.4, -0.2) is 5.78 Å². The fourth-order valence-corrected chi connectivity index (χ4v) is 3.45. The lowest BCUT2D eigenvalue weighted by Gasteiger charge is -2.25. The second-order valence-electron chi connectivity index (χ2n) is 7.78. The molecule has 0 aromatic heterocycles. The summed E-state index contributed by atoms with van der Waals surface area (Å²) in [6.45, 7) is 15.2. The number of ketones is 1. The Bertz CT molecular complexity index is 529. The summed E-state index contributed by atoms with van der Waals surface area (Å²) in [4.78, 5) is 12.0. The Hall–Kier alpha value is -1.11. The molecule has 0 amide bonds. The molecule has 2 rings (SSSR count). The van der Waals surface area contributed by atoms with Gasteiger partial charge < -0.3 is 0 Å². The molecule has 1 unspecified atom stereocenters. The number of carbonyl (C=O) groups is 1. The minimum atomic E-state index is 0.0845. The van der Waals surface area contributed by atoms with E-state index in [9.17, 15) is 4.79 Å². The molecule has 0 N–H and O–H groups in total. The van der Waals surface area contributed by atoms with Crippen molar-refractivity contribution in [2.75, 3.05) is 0 Å². The summed E-state index contributed by atoms with van der Waals surface area (Å²) in [5.74, 6) is 0.685. The average Bonchev–Trinajstić information content (AvgIpc) is 2.47. The van der Waals surface area contributed by atoms with Crippen molar-refractivity contribution in [3.8, 4) is 0 Å². The van der Waals surface area contributed by atoms with Crippen molar-refractivity contribution in [3.05, 3.63) is 34.4 Å². The molecule has 1 nitrogen and oxygen atoms in total. The fraction of sp³-hybridized carbons (Fsp3) is 0.611. The Morgan fingerprint density at radius 1 is 1.26 bits per heavy atom. The highest BCUT2D eigenvalue weighted by molar-refractivity contribution is 5.96. The summed E-state index contributed by atoms with van der Waals surface area (Å²) in [5.41, 5.74) is 5.17. The lowest BCUT2D eigenvalue weighted by Crippen LogP contribution is -2.17. The number of hydrogen-bond donors (Lipinski definition) is 0. The van der Waals surface area contributed by atoms with Gasteiger partial charge in [0.2, 0.25) is 0 Å². The highest BCUT2D eigenvalue weighted by atomic mass is 16.1. The van der Waals surface area contributed by atoms with Gasteiger partial charge in [0.05, 0.1) is 0 Å².